The molecule has 5 heterocycles. The Morgan fingerprint density at radius 1 is 1.32 bits per heavy atom. The van der Waals surface area contributed by atoms with Gasteiger partial charge in [0.05, 0.1) is 52.1 Å². The number of benzene rings is 1. The minimum absolute atomic E-state index is 0.000567. The van der Waals surface area contributed by atoms with Crippen molar-refractivity contribution >= 4 is 22.5 Å². The van der Waals surface area contributed by atoms with Crippen molar-refractivity contribution in [2.45, 2.75) is 37.6 Å². The Balaban J connectivity index is 1.30. The number of ether oxygens (including phenoxy) is 2. The van der Waals surface area contributed by atoms with Gasteiger partial charge in [-0.1, -0.05) is 0 Å². The van der Waals surface area contributed by atoms with Crippen LogP contribution in [0.15, 0.2) is 30.7 Å². The van der Waals surface area contributed by atoms with E-state index in [2.05, 4.69) is 20.4 Å². The largest absolute Gasteiger partial charge is 0.479 e. The van der Waals surface area contributed by atoms with Crippen molar-refractivity contribution in [1.29, 1.82) is 0 Å². The number of hydrogen-bond donors (Lipinski definition) is 1. The number of hydrogen-bond acceptors (Lipinski definition) is 7. The number of imidazole rings is 1. The summed E-state index contributed by atoms with van der Waals surface area (Å²) in [5, 5.41) is 7.50. The lowest BCUT2D eigenvalue weighted by atomic mass is 10.0. The number of alkyl halides is 3. The predicted octanol–water partition coefficient (Wildman–Crippen LogP) is 3.38. The fourth-order valence-corrected chi connectivity index (χ4v) is 4.90. The van der Waals surface area contributed by atoms with Crippen molar-refractivity contribution < 1.29 is 28.4 Å². The van der Waals surface area contributed by atoms with E-state index in [0.29, 0.717) is 29.6 Å². The van der Waals surface area contributed by atoms with Gasteiger partial charge in [0.25, 0.3) is 6.43 Å². The number of piperidine rings is 1. The van der Waals surface area contributed by atoms with Gasteiger partial charge in [0, 0.05) is 24.8 Å². The number of aromatic nitrogens is 5. The molecule has 2 aliphatic heterocycles. The van der Waals surface area contributed by atoms with Gasteiger partial charge in [-0.3, -0.25) is 4.90 Å². The van der Waals surface area contributed by atoms with Crippen molar-refractivity contribution in [3.63, 3.8) is 0 Å². The zero-order chi connectivity index (χ0) is 26.6. The number of halogens is 4. The van der Waals surface area contributed by atoms with Crippen LogP contribution >= 0.6 is 0 Å². The quantitative estimate of drug-likeness (QED) is 0.374. The van der Waals surface area contributed by atoms with E-state index in [-0.39, 0.29) is 42.6 Å². The molecule has 1 aromatic carbocycles. The normalized spacial score (nSPS) is 22.4. The lowest BCUT2D eigenvalue weighted by Crippen LogP contribution is -2.57. The van der Waals surface area contributed by atoms with Crippen LogP contribution in [0.25, 0.3) is 27.7 Å². The van der Waals surface area contributed by atoms with Gasteiger partial charge >= 0.3 is 0 Å². The number of nitrogens with one attached hydrogen (secondary N) is 1. The van der Waals surface area contributed by atoms with Crippen molar-refractivity contribution in [1.82, 2.24) is 29.0 Å². The molecule has 1 N–H and O–H groups in total. The monoisotopic (exact) mass is 520 g/mol. The molecule has 4 aromatic rings. The molecule has 0 spiro atoms. The lowest BCUT2D eigenvalue weighted by molar-refractivity contribution is -0.0794. The maximum atomic E-state index is 15.0. The minimum Gasteiger partial charge on any atom is -0.479 e. The first-order valence-electron chi connectivity index (χ1n) is 12.4. The third-order valence-electron chi connectivity index (χ3n) is 6.84. The highest BCUT2D eigenvalue weighted by Gasteiger charge is 2.35. The van der Waals surface area contributed by atoms with Gasteiger partial charge < -0.3 is 19.4 Å². The Bertz CT molecular complexity index is 1490. The Morgan fingerprint density at radius 3 is 2.86 bits per heavy atom. The predicted molar refractivity (Wildman–Crippen MR) is 127 cm³/mol. The van der Waals surface area contributed by atoms with Gasteiger partial charge in [-0.25, -0.2) is 27.1 Å². The van der Waals surface area contributed by atoms with E-state index in [9.17, 15) is 13.2 Å². The molecule has 2 fully saturated rings. The Kier molecular flexibility index (Phi) is 5.80. The molecule has 196 valence electrons. The van der Waals surface area contributed by atoms with E-state index in [1.54, 1.807) is 23.2 Å². The highest BCUT2D eigenvalue weighted by atomic mass is 19.3. The molecular weight excluding hydrogens is 494 g/mol. The van der Waals surface area contributed by atoms with Gasteiger partial charge in [-0.05, 0) is 30.2 Å². The molecule has 0 radical (unpaired) electrons. The van der Waals surface area contributed by atoms with Crippen LogP contribution in [0.3, 0.4) is 0 Å². The van der Waals surface area contributed by atoms with Crippen molar-refractivity contribution in [3.05, 3.63) is 36.5 Å². The van der Waals surface area contributed by atoms with Crippen LogP contribution < -0.4 is 10.1 Å². The highest BCUT2D eigenvalue weighted by Crippen LogP contribution is 2.34. The van der Waals surface area contributed by atoms with Crippen LogP contribution in [-0.4, -0.2) is 87.1 Å². The summed E-state index contributed by atoms with van der Waals surface area (Å²) in [5.74, 6) is -0.318. The zero-order valence-corrected chi connectivity index (χ0v) is 19.9. The zero-order valence-electron chi connectivity index (χ0n) is 20.9. The second kappa shape index (κ2) is 9.45. The van der Waals surface area contributed by atoms with Gasteiger partial charge in [-0.15, -0.1) is 5.10 Å². The third-order valence-corrected chi connectivity index (χ3v) is 6.84. The van der Waals surface area contributed by atoms with E-state index < -0.39 is 37.0 Å². The first-order valence-corrected chi connectivity index (χ1v) is 11.9. The van der Waals surface area contributed by atoms with Crippen molar-refractivity contribution in [2.75, 3.05) is 38.7 Å². The molecular formula is C24H25F4N7O2. The summed E-state index contributed by atoms with van der Waals surface area (Å²) in [6.07, 6.45) is -0.590. The lowest BCUT2D eigenvalue weighted by Gasteiger charge is -2.42. The fraction of sp³-hybridized carbons (Fsp3) is 0.458. The summed E-state index contributed by atoms with van der Waals surface area (Å²) in [4.78, 5) is 10.1. The Hall–Kier alpha value is -3.45. The molecule has 3 aromatic heterocycles. The van der Waals surface area contributed by atoms with E-state index in [1.165, 1.54) is 28.6 Å². The number of nitrogens with zero attached hydrogens (tertiary/aromatic N) is 6. The standard InChI is InChI=1S/C24H25F4N7O2/c1-36-23-22-15(13-6-16(25)21-19(7-13)34(12-29-21)9-20(27)28)2-5-35(22)32-24(31-23)30-18-3-4-33(8-17(18)26)14-10-37-11-14/h2,5-7,12,14,17-18,20H,3-4,8-11H2,1H3,(H,30,32)/t17-,18-/m0/s1/i14D. The number of rotatable bonds is 7. The van der Waals surface area contributed by atoms with Crippen molar-refractivity contribution in [3.8, 4) is 17.0 Å². The molecule has 0 bridgehead atoms. The molecule has 2 atom stereocenters. The smallest absolute Gasteiger partial charge is 0.256 e. The van der Waals surface area contributed by atoms with Gasteiger partial charge in [0.2, 0.25) is 11.8 Å². The number of methoxy groups -OCH3 is 1. The Labute approximate surface area is 210 Å². The molecule has 2 saturated heterocycles. The van der Waals surface area contributed by atoms with Gasteiger partial charge in [0.15, 0.2) is 5.82 Å². The summed E-state index contributed by atoms with van der Waals surface area (Å²) in [6.45, 7) is 0.580. The van der Waals surface area contributed by atoms with Gasteiger partial charge in [0.1, 0.15) is 17.2 Å². The van der Waals surface area contributed by atoms with Crippen LogP contribution in [0.1, 0.15) is 7.79 Å². The second-order valence-corrected chi connectivity index (χ2v) is 9.14. The van der Waals surface area contributed by atoms with Crippen LogP contribution in [0, 0.1) is 5.82 Å². The summed E-state index contributed by atoms with van der Waals surface area (Å²) < 4.78 is 77.6. The molecule has 0 unspecified atom stereocenters. The summed E-state index contributed by atoms with van der Waals surface area (Å²) in [7, 11) is 1.43. The van der Waals surface area contributed by atoms with Crippen molar-refractivity contribution in [2.24, 2.45) is 0 Å². The molecule has 0 aliphatic carbocycles. The minimum atomic E-state index is -2.62. The first-order chi connectivity index (χ1) is 18.3. The van der Waals surface area contributed by atoms with Crippen LogP contribution in [0.5, 0.6) is 5.88 Å². The molecule has 13 heteroatoms. The third kappa shape index (κ3) is 4.35. The molecule has 6 rings (SSSR count). The molecule has 0 amide bonds. The van der Waals surface area contributed by atoms with Crippen LogP contribution in [0.4, 0.5) is 23.5 Å². The SMILES string of the molecule is [2H]C1(N2CC[C@H](Nc3nc(OC)c4c(-c5cc(F)c6ncn(CC(F)F)c6c5)ccn4n3)[C@@H](F)C2)COC1. The fourth-order valence-electron chi connectivity index (χ4n) is 4.90. The molecule has 37 heavy (non-hydrogen) atoms. The van der Waals surface area contributed by atoms with E-state index in [0.717, 1.165) is 0 Å². The average Bonchev–Trinajstić information content (AvgIpc) is 3.47. The average molecular weight is 521 g/mol. The first kappa shape index (κ1) is 22.7. The number of fused-ring (bicyclic) bond motifs is 2. The molecule has 2 aliphatic rings. The number of likely N-dealkylation sites (tertiary alicyclic amines) is 1. The molecule has 0 saturated carbocycles. The van der Waals surface area contributed by atoms with E-state index in [1.807, 2.05) is 0 Å². The summed E-state index contributed by atoms with van der Waals surface area (Å²) in [5.41, 5.74) is 1.61. The second-order valence-electron chi connectivity index (χ2n) is 9.14. The number of anilines is 1. The Morgan fingerprint density at radius 2 is 2.16 bits per heavy atom. The topological polar surface area (TPSA) is 81.7 Å². The van der Waals surface area contributed by atoms with Crippen LogP contribution in [0.2, 0.25) is 0 Å². The van der Waals surface area contributed by atoms with Gasteiger partial charge in [-0.2, -0.15) is 4.98 Å². The van der Waals surface area contributed by atoms with E-state index in [4.69, 9.17) is 10.8 Å². The molecule has 9 nitrogen and oxygen atoms in total. The van der Waals surface area contributed by atoms with Crippen LogP contribution in [-0.2, 0) is 11.3 Å². The maximum absolute atomic E-state index is 15.0. The highest BCUT2D eigenvalue weighted by molar-refractivity contribution is 5.90. The summed E-state index contributed by atoms with van der Waals surface area (Å²) >= 11 is 0. The summed E-state index contributed by atoms with van der Waals surface area (Å²) in [6, 6.07) is 3.13. The van der Waals surface area contributed by atoms with E-state index >= 15 is 4.39 Å². The maximum Gasteiger partial charge on any atom is 0.256 e.